The van der Waals surface area contributed by atoms with Crippen molar-refractivity contribution in [3.05, 3.63) is 40.4 Å². The molecular weight excluding hydrogens is 338 g/mol. The molecule has 0 fully saturated rings. The van der Waals surface area contributed by atoms with Gasteiger partial charge < -0.3 is 4.74 Å². The molecule has 0 bridgehead atoms. The number of alkyl halides is 2. The van der Waals surface area contributed by atoms with E-state index in [1.807, 2.05) is 6.92 Å². The lowest BCUT2D eigenvalue weighted by molar-refractivity contribution is -0.112. The molecule has 24 heavy (non-hydrogen) atoms. The number of nitrogens with one attached hydrogen (secondary N) is 1. The first-order valence-corrected chi connectivity index (χ1v) is 7.64. The van der Waals surface area contributed by atoms with Crippen LogP contribution in [-0.4, -0.2) is 22.7 Å². The third kappa shape index (κ3) is 4.82. The normalized spacial score (nSPS) is 11.2. The topological polar surface area (TPSA) is 87.9 Å². The molecule has 1 amide bonds. The fraction of sp³-hybridized carbons (Fsp3) is 0.200. The van der Waals surface area contributed by atoms with Crippen molar-refractivity contribution >= 4 is 28.5 Å². The molecule has 0 atom stereocenters. The summed E-state index contributed by atoms with van der Waals surface area (Å²) in [6.45, 7) is -1.000. The van der Waals surface area contributed by atoms with Crippen molar-refractivity contribution in [2.75, 3.05) is 5.32 Å². The Bertz CT molecular complexity index is 782. The summed E-state index contributed by atoms with van der Waals surface area (Å²) >= 11 is 1.22. The summed E-state index contributed by atoms with van der Waals surface area (Å²) in [5.41, 5.74) is 0.348. The van der Waals surface area contributed by atoms with Gasteiger partial charge in [-0.25, -0.2) is 0 Å². The number of aryl methyl sites for hydroxylation is 1. The van der Waals surface area contributed by atoms with E-state index in [1.165, 1.54) is 41.7 Å². The second-order valence-corrected chi connectivity index (χ2v) is 5.49. The predicted octanol–water partition coefficient (Wildman–Crippen LogP) is 3.25. The molecule has 9 heteroatoms. The van der Waals surface area contributed by atoms with E-state index in [-0.39, 0.29) is 11.3 Å². The number of anilines is 1. The summed E-state index contributed by atoms with van der Waals surface area (Å²) in [4.78, 5) is 12.1. The van der Waals surface area contributed by atoms with Crippen LogP contribution in [0, 0.1) is 11.3 Å². The number of carbonyl (C=O) groups is 1. The van der Waals surface area contributed by atoms with Gasteiger partial charge in [0.1, 0.15) is 22.4 Å². The molecule has 0 aliphatic heterocycles. The maximum Gasteiger partial charge on any atom is 0.387 e. The molecule has 1 aromatic carbocycles. The molecule has 0 spiro atoms. The Morgan fingerprint density at radius 3 is 2.67 bits per heavy atom. The number of rotatable bonds is 6. The van der Waals surface area contributed by atoms with Crippen LogP contribution in [0.3, 0.4) is 0 Å². The SMILES string of the molecule is CCc1nnc(NC(=O)C(C#N)=Cc2ccc(OC(F)F)cc2)s1. The van der Waals surface area contributed by atoms with Crippen molar-refractivity contribution in [2.24, 2.45) is 0 Å². The lowest BCUT2D eigenvalue weighted by Gasteiger charge is -2.04. The van der Waals surface area contributed by atoms with Crippen molar-refractivity contribution in [3.63, 3.8) is 0 Å². The number of nitriles is 1. The first kappa shape index (κ1) is 17.5. The number of nitrogens with zero attached hydrogens (tertiary/aromatic N) is 3. The zero-order valence-electron chi connectivity index (χ0n) is 12.5. The Balaban J connectivity index is 2.10. The Morgan fingerprint density at radius 2 is 2.12 bits per heavy atom. The van der Waals surface area contributed by atoms with Gasteiger partial charge >= 0.3 is 6.61 Å². The van der Waals surface area contributed by atoms with Gasteiger partial charge in [-0.15, -0.1) is 10.2 Å². The van der Waals surface area contributed by atoms with Crippen LogP contribution in [-0.2, 0) is 11.2 Å². The molecule has 6 nitrogen and oxygen atoms in total. The van der Waals surface area contributed by atoms with E-state index in [4.69, 9.17) is 5.26 Å². The largest absolute Gasteiger partial charge is 0.435 e. The summed E-state index contributed by atoms with van der Waals surface area (Å²) in [7, 11) is 0. The quantitative estimate of drug-likeness (QED) is 0.638. The third-order valence-electron chi connectivity index (χ3n) is 2.77. The van der Waals surface area contributed by atoms with Crippen LogP contribution in [0.5, 0.6) is 5.75 Å². The second-order valence-electron chi connectivity index (χ2n) is 4.43. The lowest BCUT2D eigenvalue weighted by Crippen LogP contribution is -2.13. The van der Waals surface area contributed by atoms with E-state index < -0.39 is 12.5 Å². The number of halogens is 2. The Hall–Kier alpha value is -2.86. The minimum atomic E-state index is -2.91. The minimum Gasteiger partial charge on any atom is -0.435 e. The van der Waals surface area contributed by atoms with Crippen LogP contribution in [0.1, 0.15) is 17.5 Å². The van der Waals surface area contributed by atoms with Crippen molar-refractivity contribution < 1.29 is 18.3 Å². The van der Waals surface area contributed by atoms with Crippen LogP contribution < -0.4 is 10.1 Å². The number of hydrogen-bond donors (Lipinski definition) is 1. The Kier molecular flexibility index (Phi) is 5.92. The fourth-order valence-electron chi connectivity index (χ4n) is 1.67. The van der Waals surface area contributed by atoms with Crippen LogP contribution in [0.4, 0.5) is 13.9 Å². The summed E-state index contributed by atoms with van der Waals surface area (Å²) in [6, 6.07) is 7.36. The smallest absolute Gasteiger partial charge is 0.387 e. The summed E-state index contributed by atoms with van der Waals surface area (Å²) in [5, 5.41) is 20.4. The predicted molar refractivity (Wildman–Crippen MR) is 84.6 cm³/mol. The zero-order chi connectivity index (χ0) is 17.5. The third-order valence-corrected chi connectivity index (χ3v) is 3.75. The highest BCUT2D eigenvalue weighted by atomic mass is 32.1. The van der Waals surface area contributed by atoms with Crippen molar-refractivity contribution in [1.82, 2.24) is 10.2 Å². The van der Waals surface area contributed by atoms with Gasteiger partial charge in [0, 0.05) is 0 Å². The van der Waals surface area contributed by atoms with Crippen LogP contribution in [0.2, 0.25) is 0 Å². The Labute approximate surface area is 140 Å². The zero-order valence-corrected chi connectivity index (χ0v) is 13.3. The van der Waals surface area contributed by atoms with Gasteiger partial charge in [-0.1, -0.05) is 30.4 Å². The van der Waals surface area contributed by atoms with Gasteiger partial charge in [-0.05, 0) is 30.2 Å². The van der Waals surface area contributed by atoms with E-state index in [0.29, 0.717) is 17.1 Å². The first-order valence-electron chi connectivity index (χ1n) is 6.82. The molecular formula is C15H12F2N4O2S. The average molecular weight is 350 g/mol. The molecule has 1 heterocycles. The lowest BCUT2D eigenvalue weighted by atomic mass is 10.1. The van der Waals surface area contributed by atoms with E-state index in [9.17, 15) is 13.6 Å². The van der Waals surface area contributed by atoms with Crippen molar-refractivity contribution in [3.8, 4) is 11.8 Å². The number of benzene rings is 1. The second kappa shape index (κ2) is 8.12. The molecule has 1 aromatic heterocycles. The number of aromatic nitrogens is 2. The van der Waals surface area contributed by atoms with Crippen LogP contribution in [0.25, 0.3) is 6.08 Å². The molecule has 1 N–H and O–H groups in total. The van der Waals surface area contributed by atoms with Gasteiger partial charge in [0.05, 0.1) is 0 Å². The average Bonchev–Trinajstić information content (AvgIpc) is 3.01. The molecule has 0 radical (unpaired) electrons. The summed E-state index contributed by atoms with van der Waals surface area (Å²) in [5.74, 6) is -0.629. The molecule has 124 valence electrons. The first-order chi connectivity index (χ1) is 11.5. The summed E-state index contributed by atoms with van der Waals surface area (Å²) in [6.07, 6.45) is 2.03. The highest BCUT2D eigenvalue weighted by molar-refractivity contribution is 7.15. The molecule has 2 aromatic rings. The van der Waals surface area contributed by atoms with Gasteiger partial charge in [0.15, 0.2) is 0 Å². The summed E-state index contributed by atoms with van der Waals surface area (Å²) < 4.78 is 28.4. The van der Waals surface area contributed by atoms with E-state index in [2.05, 4.69) is 20.3 Å². The van der Waals surface area contributed by atoms with E-state index in [0.717, 1.165) is 5.01 Å². The van der Waals surface area contributed by atoms with Gasteiger partial charge in [-0.2, -0.15) is 14.0 Å². The van der Waals surface area contributed by atoms with Crippen molar-refractivity contribution in [2.45, 2.75) is 20.0 Å². The molecule has 0 unspecified atom stereocenters. The number of amides is 1. The number of hydrogen-bond acceptors (Lipinski definition) is 6. The molecule has 0 aliphatic rings. The number of carbonyl (C=O) groups excluding carboxylic acids is 1. The maximum absolute atomic E-state index is 12.1. The molecule has 0 aliphatic carbocycles. The maximum atomic E-state index is 12.1. The Morgan fingerprint density at radius 1 is 1.42 bits per heavy atom. The molecule has 0 saturated heterocycles. The number of ether oxygens (including phenoxy) is 1. The van der Waals surface area contributed by atoms with E-state index in [1.54, 1.807) is 6.07 Å². The highest BCUT2D eigenvalue weighted by Crippen LogP contribution is 2.19. The monoisotopic (exact) mass is 350 g/mol. The van der Waals surface area contributed by atoms with E-state index >= 15 is 0 Å². The standard InChI is InChI=1S/C15H12F2N4O2S/c1-2-12-20-21-15(24-12)19-13(22)10(8-18)7-9-3-5-11(6-4-9)23-14(16)17/h3-7,14H,2H2,1H3,(H,19,21,22). The van der Waals surface area contributed by atoms with Gasteiger partial charge in [0.2, 0.25) is 5.13 Å². The van der Waals surface area contributed by atoms with Gasteiger partial charge in [0.25, 0.3) is 5.91 Å². The van der Waals surface area contributed by atoms with Crippen molar-refractivity contribution in [1.29, 1.82) is 5.26 Å². The van der Waals surface area contributed by atoms with Crippen LogP contribution >= 0.6 is 11.3 Å². The molecule has 0 saturated carbocycles. The van der Waals surface area contributed by atoms with Gasteiger partial charge in [-0.3, -0.25) is 10.1 Å². The fourth-order valence-corrected chi connectivity index (χ4v) is 2.35. The van der Waals surface area contributed by atoms with Crippen LogP contribution in [0.15, 0.2) is 29.8 Å². The minimum absolute atomic E-state index is 0.00827. The molecule has 2 rings (SSSR count). The highest BCUT2D eigenvalue weighted by Gasteiger charge is 2.12.